The van der Waals surface area contributed by atoms with Gasteiger partial charge >= 0.3 is 0 Å². The Kier molecular flexibility index (Phi) is 5.02. The molecule has 114 valence electrons. The Morgan fingerprint density at radius 3 is 2.67 bits per heavy atom. The van der Waals surface area contributed by atoms with Gasteiger partial charge in [0.25, 0.3) is 0 Å². The molecule has 0 aliphatic rings. The minimum absolute atomic E-state index is 0.304. The molecule has 0 saturated heterocycles. The van der Waals surface area contributed by atoms with E-state index in [0.717, 1.165) is 30.3 Å². The van der Waals surface area contributed by atoms with Crippen LogP contribution in [-0.4, -0.2) is 23.7 Å². The average molecular weight is 288 g/mol. The SMILES string of the molecule is CCN(Cc1c(C)noc1C)[C@@H](C)c1cccc(OC)c1. The third-order valence-corrected chi connectivity index (χ3v) is 4.07. The number of ether oxygens (including phenoxy) is 1. The van der Waals surface area contributed by atoms with Crippen molar-refractivity contribution in [3.63, 3.8) is 0 Å². The molecule has 0 radical (unpaired) electrons. The van der Waals surface area contributed by atoms with E-state index in [-0.39, 0.29) is 0 Å². The highest BCUT2D eigenvalue weighted by atomic mass is 16.5. The van der Waals surface area contributed by atoms with Gasteiger partial charge in [0, 0.05) is 18.2 Å². The van der Waals surface area contributed by atoms with Crippen LogP contribution < -0.4 is 4.74 Å². The smallest absolute Gasteiger partial charge is 0.138 e. The van der Waals surface area contributed by atoms with Gasteiger partial charge in [-0.3, -0.25) is 4.90 Å². The number of hydrogen-bond donors (Lipinski definition) is 0. The summed E-state index contributed by atoms with van der Waals surface area (Å²) in [7, 11) is 1.70. The molecular weight excluding hydrogens is 264 g/mol. The maximum absolute atomic E-state index is 5.32. The molecule has 2 aromatic rings. The third kappa shape index (κ3) is 3.45. The van der Waals surface area contributed by atoms with Gasteiger partial charge in [-0.15, -0.1) is 0 Å². The van der Waals surface area contributed by atoms with Crippen molar-refractivity contribution in [2.75, 3.05) is 13.7 Å². The number of aromatic nitrogens is 1. The molecule has 1 aromatic heterocycles. The molecule has 0 fully saturated rings. The zero-order valence-electron chi connectivity index (χ0n) is 13.5. The van der Waals surface area contributed by atoms with Crippen molar-refractivity contribution in [2.45, 2.75) is 40.3 Å². The summed E-state index contributed by atoms with van der Waals surface area (Å²) in [5.74, 6) is 1.80. The summed E-state index contributed by atoms with van der Waals surface area (Å²) in [6, 6.07) is 8.55. The van der Waals surface area contributed by atoms with Crippen LogP contribution in [0.5, 0.6) is 5.75 Å². The number of nitrogens with zero attached hydrogens (tertiary/aromatic N) is 2. The monoisotopic (exact) mass is 288 g/mol. The van der Waals surface area contributed by atoms with Crippen molar-refractivity contribution in [2.24, 2.45) is 0 Å². The van der Waals surface area contributed by atoms with Gasteiger partial charge in [0.05, 0.1) is 12.8 Å². The van der Waals surface area contributed by atoms with E-state index in [2.05, 4.69) is 36.0 Å². The van der Waals surface area contributed by atoms with Crippen LogP contribution in [0.4, 0.5) is 0 Å². The maximum Gasteiger partial charge on any atom is 0.138 e. The van der Waals surface area contributed by atoms with Gasteiger partial charge in [-0.1, -0.05) is 24.2 Å². The summed E-state index contributed by atoms with van der Waals surface area (Å²) in [5, 5.41) is 4.04. The Morgan fingerprint density at radius 1 is 1.33 bits per heavy atom. The van der Waals surface area contributed by atoms with Gasteiger partial charge in [0.15, 0.2) is 0 Å². The Bertz CT molecular complexity index is 573. The van der Waals surface area contributed by atoms with Crippen LogP contribution >= 0.6 is 0 Å². The maximum atomic E-state index is 5.32. The largest absolute Gasteiger partial charge is 0.497 e. The second kappa shape index (κ2) is 6.76. The quantitative estimate of drug-likeness (QED) is 0.808. The predicted molar refractivity (Wildman–Crippen MR) is 83.5 cm³/mol. The van der Waals surface area contributed by atoms with Crippen molar-refractivity contribution in [1.29, 1.82) is 0 Å². The number of hydrogen-bond acceptors (Lipinski definition) is 4. The van der Waals surface area contributed by atoms with Crippen LogP contribution in [0.1, 0.15) is 42.5 Å². The minimum Gasteiger partial charge on any atom is -0.497 e. The fourth-order valence-corrected chi connectivity index (χ4v) is 2.57. The molecule has 0 saturated carbocycles. The second-order valence-electron chi connectivity index (χ2n) is 5.32. The van der Waals surface area contributed by atoms with E-state index in [1.54, 1.807) is 7.11 Å². The molecule has 0 aliphatic carbocycles. The van der Waals surface area contributed by atoms with Crippen LogP contribution in [0.25, 0.3) is 0 Å². The zero-order valence-corrected chi connectivity index (χ0v) is 13.5. The molecule has 0 bridgehead atoms. The van der Waals surface area contributed by atoms with Gasteiger partial charge in [-0.25, -0.2) is 0 Å². The first-order chi connectivity index (χ1) is 10.1. The summed E-state index contributed by atoms with van der Waals surface area (Å²) >= 11 is 0. The van der Waals surface area contributed by atoms with E-state index in [1.165, 1.54) is 11.1 Å². The Labute approximate surface area is 126 Å². The topological polar surface area (TPSA) is 38.5 Å². The van der Waals surface area contributed by atoms with E-state index in [0.29, 0.717) is 6.04 Å². The van der Waals surface area contributed by atoms with Crippen LogP contribution in [0.2, 0.25) is 0 Å². The number of rotatable bonds is 6. The van der Waals surface area contributed by atoms with Crippen molar-refractivity contribution in [3.05, 3.63) is 46.8 Å². The Morgan fingerprint density at radius 2 is 2.10 bits per heavy atom. The molecule has 0 N–H and O–H groups in total. The first-order valence-electron chi connectivity index (χ1n) is 7.36. The van der Waals surface area contributed by atoms with E-state index >= 15 is 0 Å². The highest BCUT2D eigenvalue weighted by Gasteiger charge is 2.19. The molecule has 1 aromatic carbocycles. The normalized spacial score (nSPS) is 12.7. The Balaban J connectivity index is 2.20. The predicted octanol–water partition coefficient (Wildman–Crippen LogP) is 3.88. The summed E-state index contributed by atoms with van der Waals surface area (Å²) in [5.41, 5.74) is 3.42. The van der Waals surface area contributed by atoms with Gasteiger partial charge < -0.3 is 9.26 Å². The lowest BCUT2D eigenvalue weighted by molar-refractivity contribution is 0.211. The fraction of sp³-hybridized carbons (Fsp3) is 0.471. The fourth-order valence-electron chi connectivity index (χ4n) is 2.57. The minimum atomic E-state index is 0.304. The first kappa shape index (κ1) is 15.6. The number of aryl methyl sites for hydroxylation is 2. The molecule has 21 heavy (non-hydrogen) atoms. The Hall–Kier alpha value is -1.81. The number of benzene rings is 1. The molecule has 2 rings (SSSR count). The van der Waals surface area contributed by atoms with Crippen LogP contribution in [0.3, 0.4) is 0 Å². The molecule has 1 heterocycles. The molecular formula is C17H24N2O2. The van der Waals surface area contributed by atoms with Gasteiger partial charge in [0.2, 0.25) is 0 Å². The molecule has 4 heteroatoms. The van der Waals surface area contributed by atoms with Crippen LogP contribution in [-0.2, 0) is 6.54 Å². The molecule has 0 amide bonds. The van der Waals surface area contributed by atoms with Crippen molar-refractivity contribution in [3.8, 4) is 5.75 Å². The highest BCUT2D eigenvalue weighted by Crippen LogP contribution is 2.26. The third-order valence-electron chi connectivity index (χ3n) is 4.07. The average Bonchev–Trinajstić information content (AvgIpc) is 2.83. The molecule has 4 nitrogen and oxygen atoms in total. The summed E-state index contributed by atoms with van der Waals surface area (Å²) in [6.07, 6.45) is 0. The highest BCUT2D eigenvalue weighted by molar-refractivity contribution is 5.30. The van der Waals surface area contributed by atoms with E-state index in [9.17, 15) is 0 Å². The van der Waals surface area contributed by atoms with Crippen LogP contribution in [0, 0.1) is 13.8 Å². The zero-order chi connectivity index (χ0) is 15.4. The number of methoxy groups -OCH3 is 1. The molecule has 0 aliphatic heterocycles. The van der Waals surface area contributed by atoms with E-state index in [1.807, 2.05) is 26.0 Å². The van der Waals surface area contributed by atoms with Crippen molar-refractivity contribution >= 4 is 0 Å². The lowest BCUT2D eigenvalue weighted by Crippen LogP contribution is -2.26. The molecule has 1 atom stereocenters. The van der Waals surface area contributed by atoms with Crippen molar-refractivity contribution in [1.82, 2.24) is 10.1 Å². The van der Waals surface area contributed by atoms with E-state index < -0.39 is 0 Å². The summed E-state index contributed by atoms with van der Waals surface area (Å²) in [6.45, 7) is 10.2. The van der Waals surface area contributed by atoms with Gasteiger partial charge in [-0.2, -0.15) is 0 Å². The second-order valence-corrected chi connectivity index (χ2v) is 5.32. The van der Waals surface area contributed by atoms with Gasteiger partial charge in [0.1, 0.15) is 11.5 Å². The molecule has 0 unspecified atom stereocenters. The summed E-state index contributed by atoms with van der Waals surface area (Å²) < 4.78 is 10.6. The molecule has 0 spiro atoms. The van der Waals surface area contributed by atoms with Crippen LogP contribution in [0.15, 0.2) is 28.8 Å². The van der Waals surface area contributed by atoms with E-state index in [4.69, 9.17) is 9.26 Å². The first-order valence-corrected chi connectivity index (χ1v) is 7.36. The van der Waals surface area contributed by atoms with Gasteiger partial charge in [-0.05, 0) is 45.0 Å². The summed E-state index contributed by atoms with van der Waals surface area (Å²) in [4.78, 5) is 2.40. The lowest BCUT2D eigenvalue weighted by Gasteiger charge is -2.28. The lowest BCUT2D eigenvalue weighted by atomic mass is 10.1. The van der Waals surface area contributed by atoms with Crippen molar-refractivity contribution < 1.29 is 9.26 Å². The standard InChI is InChI=1S/C17H24N2O2/c1-6-19(11-17-12(2)18-21-14(17)4)13(3)15-8-7-9-16(10-15)20-5/h7-10,13H,6,11H2,1-5H3/t13-/m0/s1.